The largest absolute Gasteiger partial charge is 0.389 e. The number of hydrogen-bond acceptors (Lipinski definition) is 4. The number of rotatable bonds is 7. The van der Waals surface area contributed by atoms with Gasteiger partial charge in [-0.2, -0.15) is 0 Å². The van der Waals surface area contributed by atoms with E-state index in [2.05, 4.69) is 12.2 Å². The van der Waals surface area contributed by atoms with Gasteiger partial charge in [-0.1, -0.05) is 30.3 Å². The first-order valence-electron chi connectivity index (χ1n) is 8.34. The van der Waals surface area contributed by atoms with Crippen molar-refractivity contribution in [3.8, 4) is 0 Å². The van der Waals surface area contributed by atoms with Crippen LogP contribution in [0.5, 0.6) is 0 Å². The zero-order valence-corrected chi connectivity index (χ0v) is 14.1. The maximum absolute atomic E-state index is 12.4. The molecule has 0 aromatic heterocycles. The topological polar surface area (TPSA) is 61.8 Å². The number of aliphatic hydroxyl groups excluding tert-OH is 1. The maximum Gasteiger partial charge on any atom is 0.225 e. The number of benzene rings is 1. The Morgan fingerprint density at radius 3 is 2.87 bits per heavy atom. The lowest BCUT2D eigenvalue weighted by atomic mass is 9.92. The molecule has 5 nitrogen and oxygen atoms in total. The fraction of sp³-hybridized carbons (Fsp3) is 0.611. The quantitative estimate of drug-likeness (QED) is 0.797. The molecule has 1 aromatic rings. The van der Waals surface area contributed by atoms with E-state index in [1.54, 1.807) is 11.9 Å². The van der Waals surface area contributed by atoms with E-state index >= 15 is 0 Å². The smallest absolute Gasteiger partial charge is 0.225 e. The first-order valence-corrected chi connectivity index (χ1v) is 8.34. The van der Waals surface area contributed by atoms with E-state index in [0.717, 1.165) is 24.9 Å². The summed E-state index contributed by atoms with van der Waals surface area (Å²) in [4.78, 5) is 14.1. The second-order valence-electron chi connectivity index (χ2n) is 6.45. The summed E-state index contributed by atoms with van der Waals surface area (Å²) in [7, 11) is 1.76. The van der Waals surface area contributed by atoms with Crippen molar-refractivity contribution in [1.29, 1.82) is 0 Å². The summed E-state index contributed by atoms with van der Waals surface area (Å²) in [5.41, 5.74) is 1.08. The number of nitrogens with one attached hydrogen (secondary N) is 1. The van der Waals surface area contributed by atoms with E-state index in [0.29, 0.717) is 19.2 Å². The lowest BCUT2D eigenvalue weighted by Gasteiger charge is -2.31. The van der Waals surface area contributed by atoms with Crippen LogP contribution in [0.4, 0.5) is 0 Å². The molecule has 0 spiro atoms. The molecule has 1 aliphatic heterocycles. The lowest BCUT2D eigenvalue weighted by Crippen LogP contribution is -2.45. The van der Waals surface area contributed by atoms with Crippen molar-refractivity contribution in [2.45, 2.75) is 38.5 Å². The van der Waals surface area contributed by atoms with Crippen LogP contribution in [0.1, 0.15) is 25.3 Å². The molecule has 1 unspecified atom stereocenters. The minimum atomic E-state index is -0.660. The van der Waals surface area contributed by atoms with E-state index in [1.165, 1.54) is 0 Å². The highest BCUT2D eigenvalue weighted by atomic mass is 16.5. The average Bonchev–Trinajstić information content (AvgIpc) is 2.55. The molecule has 1 heterocycles. The van der Waals surface area contributed by atoms with Gasteiger partial charge in [0, 0.05) is 25.6 Å². The molecule has 0 saturated carbocycles. The average molecular weight is 320 g/mol. The van der Waals surface area contributed by atoms with Crippen LogP contribution in [0.2, 0.25) is 0 Å². The number of amides is 1. The summed E-state index contributed by atoms with van der Waals surface area (Å²) in [6, 6.07) is 10.2. The molecular weight excluding hydrogens is 292 g/mol. The fourth-order valence-corrected chi connectivity index (χ4v) is 3.01. The second kappa shape index (κ2) is 9.01. The number of hydrogen-bond donors (Lipinski definition) is 2. The standard InChI is InChI=1S/C18H28N2O3/c1-14-10-16(8-9-19-14)18(22)20(2)11-17(21)13-23-12-15-6-4-3-5-7-15/h3-7,14,16-17,19,21H,8-13H2,1-2H3/t14-,16-,17?/m0/s1. The highest BCUT2D eigenvalue weighted by Gasteiger charge is 2.27. The Morgan fingerprint density at radius 1 is 1.43 bits per heavy atom. The zero-order valence-electron chi connectivity index (χ0n) is 14.1. The van der Waals surface area contributed by atoms with Crippen LogP contribution in [-0.2, 0) is 16.1 Å². The first-order chi connectivity index (χ1) is 11.1. The van der Waals surface area contributed by atoms with Gasteiger partial charge >= 0.3 is 0 Å². The molecule has 23 heavy (non-hydrogen) atoms. The fourth-order valence-electron chi connectivity index (χ4n) is 3.01. The molecular formula is C18H28N2O3. The van der Waals surface area contributed by atoms with Crippen molar-refractivity contribution in [1.82, 2.24) is 10.2 Å². The number of carbonyl (C=O) groups excluding carboxylic acids is 1. The molecule has 3 atom stereocenters. The molecule has 1 saturated heterocycles. The van der Waals surface area contributed by atoms with Crippen LogP contribution in [0.15, 0.2) is 30.3 Å². The highest BCUT2D eigenvalue weighted by molar-refractivity contribution is 5.78. The normalized spacial score (nSPS) is 22.6. The van der Waals surface area contributed by atoms with Crippen LogP contribution < -0.4 is 5.32 Å². The monoisotopic (exact) mass is 320 g/mol. The van der Waals surface area contributed by atoms with Gasteiger partial charge in [-0.15, -0.1) is 0 Å². The van der Waals surface area contributed by atoms with Crippen molar-refractivity contribution in [3.63, 3.8) is 0 Å². The first kappa shape index (κ1) is 17.9. The summed E-state index contributed by atoms with van der Waals surface area (Å²) < 4.78 is 5.53. The van der Waals surface area contributed by atoms with Gasteiger partial charge in [-0.3, -0.25) is 4.79 Å². The van der Waals surface area contributed by atoms with Crippen molar-refractivity contribution >= 4 is 5.91 Å². The van der Waals surface area contributed by atoms with Crippen LogP contribution in [-0.4, -0.2) is 54.8 Å². The highest BCUT2D eigenvalue weighted by Crippen LogP contribution is 2.18. The van der Waals surface area contributed by atoms with Gasteiger partial charge in [0.15, 0.2) is 0 Å². The third-order valence-corrected chi connectivity index (χ3v) is 4.26. The molecule has 2 rings (SSSR count). The van der Waals surface area contributed by atoms with E-state index in [4.69, 9.17) is 4.74 Å². The predicted octanol–water partition coefficient (Wildman–Crippen LogP) is 1.41. The molecule has 5 heteroatoms. The molecule has 1 amide bonds. The van der Waals surface area contributed by atoms with E-state index in [-0.39, 0.29) is 18.4 Å². The van der Waals surface area contributed by atoms with Gasteiger partial charge in [0.05, 0.1) is 19.3 Å². The third-order valence-electron chi connectivity index (χ3n) is 4.26. The number of nitrogens with zero attached hydrogens (tertiary/aromatic N) is 1. The molecule has 0 aliphatic carbocycles. The Hall–Kier alpha value is -1.43. The van der Waals surface area contributed by atoms with E-state index in [1.807, 2.05) is 30.3 Å². The van der Waals surface area contributed by atoms with Gasteiger partial charge in [0.25, 0.3) is 0 Å². The SMILES string of the molecule is C[C@H]1C[C@@H](C(=O)N(C)CC(O)COCc2ccccc2)CCN1. The molecule has 1 aromatic carbocycles. The van der Waals surface area contributed by atoms with E-state index in [9.17, 15) is 9.90 Å². The number of likely N-dealkylation sites (N-methyl/N-ethyl adjacent to an activating group) is 1. The van der Waals surface area contributed by atoms with Crippen molar-refractivity contribution in [3.05, 3.63) is 35.9 Å². The lowest BCUT2D eigenvalue weighted by molar-refractivity contribution is -0.137. The molecule has 2 N–H and O–H groups in total. The number of piperidine rings is 1. The molecule has 0 bridgehead atoms. The Bertz CT molecular complexity index is 480. The van der Waals surface area contributed by atoms with Gasteiger partial charge in [0.2, 0.25) is 5.91 Å². The van der Waals surface area contributed by atoms with Crippen LogP contribution in [0.3, 0.4) is 0 Å². The number of ether oxygens (including phenoxy) is 1. The molecule has 1 fully saturated rings. The Morgan fingerprint density at radius 2 is 2.17 bits per heavy atom. The van der Waals surface area contributed by atoms with Crippen molar-refractivity contribution in [2.75, 3.05) is 26.7 Å². The molecule has 128 valence electrons. The zero-order chi connectivity index (χ0) is 16.7. The van der Waals surface area contributed by atoms with Gasteiger partial charge in [-0.25, -0.2) is 0 Å². The van der Waals surface area contributed by atoms with E-state index < -0.39 is 6.10 Å². The van der Waals surface area contributed by atoms with Crippen LogP contribution in [0.25, 0.3) is 0 Å². The Balaban J connectivity index is 1.69. The van der Waals surface area contributed by atoms with Crippen LogP contribution >= 0.6 is 0 Å². The summed E-state index contributed by atoms with van der Waals surface area (Å²) in [6.07, 6.45) is 1.07. The summed E-state index contributed by atoms with van der Waals surface area (Å²) in [5, 5.41) is 13.4. The second-order valence-corrected chi connectivity index (χ2v) is 6.45. The van der Waals surface area contributed by atoms with Crippen molar-refractivity contribution in [2.24, 2.45) is 5.92 Å². The summed E-state index contributed by atoms with van der Waals surface area (Å²) in [5.74, 6) is 0.189. The predicted molar refractivity (Wildman–Crippen MR) is 89.9 cm³/mol. The Labute approximate surface area is 138 Å². The molecule has 1 aliphatic rings. The number of aliphatic hydroxyl groups is 1. The van der Waals surface area contributed by atoms with Crippen LogP contribution in [0, 0.1) is 5.92 Å². The summed E-state index contributed by atoms with van der Waals surface area (Å²) in [6.45, 7) is 4.00. The third kappa shape index (κ3) is 5.94. The maximum atomic E-state index is 12.4. The van der Waals surface area contributed by atoms with Gasteiger partial charge < -0.3 is 20.1 Å². The minimum Gasteiger partial charge on any atom is -0.389 e. The van der Waals surface area contributed by atoms with Crippen molar-refractivity contribution < 1.29 is 14.6 Å². The number of carbonyl (C=O) groups is 1. The van der Waals surface area contributed by atoms with Gasteiger partial charge in [-0.05, 0) is 31.9 Å². The summed E-state index contributed by atoms with van der Waals surface area (Å²) >= 11 is 0. The Kier molecular flexibility index (Phi) is 7.02. The molecule has 0 radical (unpaired) electrons. The van der Waals surface area contributed by atoms with Gasteiger partial charge in [0.1, 0.15) is 0 Å². The minimum absolute atomic E-state index is 0.0636.